The number of carbonyl (C=O) groups is 1. The zero-order valence-corrected chi connectivity index (χ0v) is 18.3. The van der Waals surface area contributed by atoms with Crippen LogP contribution in [0.15, 0.2) is 39.6 Å². The maximum absolute atomic E-state index is 13.9. The molecule has 30 heavy (non-hydrogen) atoms. The van der Waals surface area contributed by atoms with Gasteiger partial charge in [-0.3, -0.25) is 18.6 Å². The maximum atomic E-state index is 13.9. The highest BCUT2D eigenvalue weighted by Gasteiger charge is 2.18. The smallest absolute Gasteiger partial charge is 0.272 e. The predicted molar refractivity (Wildman–Crippen MR) is 118 cm³/mol. The van der Waals surface area contributed by atoms with Crippen molar-refractivity contribution in [1.29, 1.82) is 0 Å². The van der Waals surface area contributed by atoms with Crippen LogP contribution in [-0.2, 0) is 11.3 Å². The van der Waals surface area contributed by atoms with E-state index in [1.165, 1.54) is 35.2 Å². The number of unbranched alkanes of at least 4 members (excludes halogenated alkanes) is 1. The number of rotatable bonds is 7. The summed E-state index contributed by atoms with van der Waals surface area (Å²) >= 11 is 8.27. The molecule has 3 aromatic heterocycles. The van der Waals surface area contributed by atoms with Crippen LogP contribution < -0.4 is 10.9 Å². The van der Waals surface area contributed by atoms with Gasteiger partial charge >= 0.3 is 0 Å². The van der Waals surface area contributed by atoms with E-state index in [1.807, 2.05) is 11.4 Å². The number of halogens is 2. The minimum absolute atomic E-state index is 0.00256. The number of anilines is 1. The zero-order chi connectivity index (χ0) is 21.3. The summed E-state index contributed by atoms with van der Waals surface area (Å²) < 4.78 is 17.9. The summed E-state index contributed by atoms with van der Waals surface area (Å²) in [5.41, 5.74) is 0.690. The third-order valence-electron chi connectivity index (χ3n) is 4.46. The highest BCUT2D eigenvalue weighted by Crippen LogP contribution is 2.25. The monoisotopic (exact) mass is 465 g/mol. The topological polar surface area (TPSA) is 81.3 Å². The summed E-state index contributed by atoms with van der Waals surface area (Å²) in [7, 11) is 0. The number of nitrogens with one attached hydrogen (secondary N) is 1. The molecule has 4 aromatic rings. The lowest BCUT2D eigenvalue weighted by Gasteiger charge is -2.09. The van der Waals surface area contributed by atoms with Crippen molar-refractivity contribution in [3.05, 3.63) is 50.8 Å². The summed E-state index contributed by atoms with van der Waals surface area (Å²) in [4.78, 5) is 25.1. The number of nitrogens with zero attached hydrogens (tertiary/aromatic N) is 4. The first-order chi connectivity index (χ1) is 14.5. The molecule has 0 radical (unpaired) electrons. The molecule has 7 nitrogen and oxygen atoms in total. The molecular formula is C19H17ClFN5O2S2. The first-order valence-corrected chi connectivity index (χ1v) is 11.5. The Bertz CT molecular complexity index is 1300. The number of thioether (sulfide) groups is 1. The molecule has 0 bridgehead atoms. The molecule has 3 heterocycles. The molecule has 0 aliphatic rings. The van der Waals surface area contributed by atoms with E-state index in [-0.39, 0.29) is 27.9 Å². The molecule has 0 saturated heterocycles. The molecule has 1 amide bonds. The Labute approximate surface area is 183 Å². The van der Waals surface area contributed by atoms with Crippen molar-refractivity contribution in [2.45, 2.75) is 31.5 Å². The number of aromatic nitrogens is 4. The van der Waals surface area contributed by atoms with Crippen molar-refractivity contribution < 1.29 is 9.18 Å². The van der Waals surface area contributed by atoms with Crippen molar-refractivity contribution in [1.82, 2.24) is 19.2 Å². The lowest BCUT2D eigenvalue weighted by Crippen LogP contribution is -2.22. The van der Waals surface area contributed by atoms with Crippen molar-refractivity contribution >= 4 is 62.3 Å². The molecule has 4 rings (SSSR count). The van der Waals surface area contributed by atoms with E-state index >= 15 is 0 Å². The summed E-state index contributed by atoms with van der Waals surface area (Å²) in [5.74, 6) is -0.540. The Kier molecular flexibility index (Phi) is 6.07. The van der Waals surface area contributed by atoms with Crippen molar-refractivity contribution in [3.63, 3.8) is 0 Å². The van der Waals surface area contributed by atoms with Gasteiger partial charge in [-0.25, -0.2) is 4.39 Å². The summed E-state index contributed by atoms with van der Waals surface area (Å²) in [5, 5.41) is 13.5. The number of carbonyl (C=O) groups excluding carboxylic acids is 1. The highest BCUT2D eigenvalue weighted by molar-refractivity contribution is 7.99. The van der Waals surface area contributed by atoms with E-state index in [9.17, 15) is 14.0 Å². The van der Waals surface area contributed by atoms with Crippen LogP contribution in [0, 0.1) is 5.82 Å². The molecule has 0 spiro atoms. The van der Waals surface area contributed by atoms with E-state index in [0.29, 0.717) is 27.7 Å². The molecule has 11 heteroatoms. The van der Waals surface area contributed by atoms with Gasteiger partial charge in [0.2, 0.25) is 11.7 Å². The Morgan fingerprint density at radius 1 is 1.33 bits per heavy atom. The van der Waals surface area contributed by atoms with E-state index in [2.05, 4.69) is 22.4 Å². The van der Waals surface area contributed by atoms with Gasteiger partial charge in [-0.15, -0.1) is 21.5 Å². The Hall–Kier alpha value is -2.43. The van der Waals surface area contributed by atoms with Crippen LogP contribution in [0.4, 0.5) is 10.1 Å². The van der Waals surface area contributed by atoms with Gasteiger partial charge in [0, 0.05) is 11.6 Å². The molecule has 0 aliphatic heterocycles. The van der Waals surface area contributed by atoms with E-state index < -0.39 is 5.82 Å². The van der Waals surface area contributed by atoms with Crippen LogP contribution in [0.3, 0.4) is 0 Å². The fourth-order valence-electron chi connectivity index (χ4n) is 3.02. The summed E-state index contributed by atoms with van der Waals surface area (Å²) in [6, 6.07) is 5.89. The Morgan fingerprint density at radius 2 is 2.17 bits per heavy atom. The molecule has 1 N–H and O–H groups in total. The molecule has 1 aromatic carbocycles. The van der Waals surface area contributed by atoms with Gasteiger partial charge in [0.25, 0.3) is 5.56 Å². The molecule has 0 unspecified atom stereocenters. The van der Waals surface area contributed by atoms with Crippen molar-refractivity contribution in [3.8, 4) is 0 Å². The van der Waals surface area contributed by atoms with Crippen molar-refractivity contribution in [2.24, 2.45) is 0 Å². The summed E-state index contributed by atoms with van der Waals surface area (Å²) in [6.07, 6.45) is 1.79. The molecule has 0 fully saturated rings. The van der Waals surface area contributed by atoms with Gasteiger partial charge in [-0.1, -0.05) is 36.7 Å². The van der Waals surface area contributed by atoms with Gasteiger partial charge in [0.15, 0.2) is 5.16 Å². The first-order valence-electron chi connectivity index (χ1n) is 9.22. The lowest BCUT2D eigenvalue weighted by molar-refractivity contribution is -0.113. The van der Waals surface area contributed by atoms with Crippen LogP contribution in [-0.4, -0.2) is 30.8 Å². The molecule has 0 aliphatic carbocycles. The fraction of sp³-hybridized carbons (Fsp3) is 0.263. The van der Waals surface area contributed by atoms with Crippen LogP contribution in [0.25, 0.3) is 16.0 Å². The Morgan fingerprint density at radius 3 is 2.93 bits per heavy atom. The van der Waals surface area contributed by atoms with E-state index in [0.717, 1.165) is 18.9 Å². The second-order valence-electron chi connectivity index (χ2n) is 6.52. The standard InChI is InChI=1S/C19H17ClFN5O2S2/c1-2-3-7-25-17(28)16-14(6-8-29-16)26-18(25)23-24-19(26)30-10-15(27)22-13-5-4-11(20)9-12(13)21/h4-6,8-9H,2-3,7,10H2,1H3,(H,22,27). The van der Waals surface area contributed by atoms with Crippen LogP contribution >= 0.6 is 34.7 Å². The number of hydrogen-bond donors (Lipinski definition) is 1. The largest absolute Gasteiger partial charge is 0.323 e. The highest BCUT2D eigenvalue weighted by atomic mass is 35.5. The minimum Gasteiger partial charge on any atom is -0.323 e. The van der Waals surface area contributed by atoms with Crippen molar-refractivity contribution in [2.75, 3.05) is 11.1 Å². The fourth-order valence-corrected chi connectivity index (χ4v) is 4.74. The lowest BCUT2D eigenvalue weighted by atomic mass is 10.3. The normalized spacial score (nSPS) is 11.4. The second kappa shape index (κ2) is 8.75. The van der Waals surface area contributed by atoms with Crippen LogP contribution in [0.5, 0.6) is 0 Å². The molecule has 156 valence electrons. The number of aryl methyl sites for hydroxylation is 1. The SMILES string of the molecule is CCCCn1c(=O)c2sccc2n2c(SCC(=O)Nc3ccc(Cl)cc3F)nnc12. The molecular weight excluding hydrogens is 449 g/mol. The third kappa shape index (κ3) is 3.94. The third-order valence-corrected chi connectivity index (χ3v) is 6.51. The van der Waals surface area contributed by atoms with Gasteiger partial charge in [0.1, 0.15) is 10.5 Å². The average molecular weight is 466 g/mol. The van der Waals surface area contributed by atoms with E-state index in [4.69, 9.17) is 11.6 Å². The van der Waals surface area contributed by atoms with Gasteiger partial charge < -0.3 is 5.32 Å². The number of fused-ring (bicyclic) bond motifs is 3. The first kappa shape index (κ1) is 20.8. The number of hydrogen-bond acceptors (Lipinski definition) is 6. The minimum atomic E-state index is -0.603. The van der Waals surface area contributed by atoms with Crippen LogP contribution in [0.2, 0.25) is 5.02 Å². The predicted octanol–water partition coefficient (Wildman–Crippen LogP) is 4.43. The van der Waals surface area contributed by atoms with Gasteiger partial charge in [-0.2, -0.15) is 0 Å². The zero-order valence-electron chi connectivity index (χ0n) is 15.9. The van der Waals surface area contributed by atoms with Crippen LogP contribution in [0.1, 0.15) is 19.8 Å². The quantitative estimate of drug-likeness (QED) is 0.408. The summed E-state index contributed by atoms with van der Waals surface area (Å²) in [6.45, 7) is 2.60. The number of amides is 1. The Balaban J connectivity index is 1.61. The molecule has 0 saturated carbocycles. The van der Waals surface area contributed by atoms with Gasteiger partial charge in [-0.05, 0) is 36.1 Å². The number of thiophene rings is 1. The van der Waals surface area contributed by atoms with Gasteiger partial charge in [0.05, 0.1) is 17.0 Å². The second-order valence-corrected chi connectivity index (χ2v) is 8.82. The number of benzene rings is 1. The van der Waals surface area contributed by atoms with E-state index in [1.54, 1.807) is 8.97 Å². The average Bonchev–Trinajstić information content (AvgIpc) is 3.35. The maximum Gasteiger partial charge on any atom is 0.272 e. The molecule has 0 atom stereocenters.